The molecule has 7 heteroatoms. The molecular weight excluding hydrogens is 314 g/mol. The van der Waals surface area contributed by atoms with E-state index < -0.39 is 10.2 Å². The molecule has 130 valence electrons. The third-order valence-electron chi connectivity index (χ3n) is 5.40. The largest absolute Gasteiger partial charge is 0.336 e. The Morgan fingerprint density at radius 1 is 1.22 bits per heavy atom. The van der Waals surface area contributed by atoms with Crippen LogP contribution >= 0.6 is 0 Å². The zero-order valence-electron chi connectivity index (χ0n) is 14.1. The molecule has 0 aromatic rings. The molecule has 1 amide bonds. The molecule has 1 aliphatic carbocycles. The Labute approximate surface area is 139 Å². The lowest BCUT2D eigenvalue weighted by Crippen LogP contribution is -2.57. The van der Waals surface area contributed by atoms with Crippen LogP contribution in [-0.4, -0.2) is 67.6 Å². The van der Waals surface area contributed by atoms with E-state index in [9.17, 15) is 13.2 Å². The molecule has 3 aliphatic rings. The van der Waals surface area contributed by atoms with Gasteiger partial charge in [-0.2, -0.15) is 17.0 Å². The molecule has 2 atom stereocenters. The minimum atomic E-state index is -3.35. The van der Waals surface area contributed by atoms with Crippen LogP contribution in [0.15, 0.2) is 11.6 Å². The second-order valence-corrected chi connectivity index (χ2v) is 9.17. The quantitative estimate of drug-likeness (QED) is 0.775. The van der Waals surface area contributed by atoms with Crippen LogP contribution in [0.1, 0.15) is 38.5 Å². The normalized spacial score (nSPS) is 29.5. The Bertz CT molecular complexity index is 600. The number of likely N-dealkylation sites (tertiary alicyclic amines) is 1. The van der Waals surface area contributed by atoms with Crippen molar-refractivity contribution in [2.24, 2.45) is 5.92 Å². The minimum absolute atomic E-state index is 0.195. The maximum absolute atomic E-state index is 12.8. The Morgan fingerprint density at radius 3 is 2.65 bits per heavy atom. The van der Waals surface area contributed by atoms with Crippen LogP contribution in [-0.2, 0) is 15.0 Å². The van der Waals surface area contributed by atoms with E-state index in [1.807, 2.05) is 4.90 Å². The van der Waals surface area contributed by atoms with Gasteiger partial charge in [-0.25, -0.2) is 0 Å². The molecule has 0 aromatic heterocycles. The maximum atomic E-state index is 12.8. The number of carbonyl (C=O) groups is 1. The molecule has 23 heavy (non-hydrogen) atoms. The minimum Gasteiger partial charge on any atom is -0.336 e. The first-order valence-corrected chi connectivity index (χ1v) is 9.98. The van der Waals surface area contributed by atoms with E-state index in [2.05, 4.69) is 6.08 Å². The third-order valence-corrected chi connectivity index (χ3v) is 7.30. The van der Waals surface area contributed by atoms with Crippen LogP contribution in [0.2, 0.25) is 0 Å². The molecular formula is C16H27N3O3S. The molecule has 3 rings (SSSR count). The summed E-state index contributed by atoms with van der Waals surface area (Å²) in [6, 6.07) is 0.200. The summed E-state index contributed by atoms with van der Waals surface area (Å²) >= 11 is 0. The van der Waals surface area contributed by atoms with Gasteiger partial charge in [-0.1, -0.05) is 6.08 Å². The number of fused-ring (bicyclic) bond motifs is 1. The van der Waals surface area contributed by atoms with E-state index in [1.165, 1.54) is 4.31 Å². The van der Waals surface area contributed by atoms with Crippen molar-refractivity contribution in [3.8, 4) is 0 Å². The molecule has 0 N–H and O–H groups in total. The van der Waals surface area contributed by atoms with Gasteiger partial charge in [0.2, 0.25) is 5.91 Å². The zero-order valence-corrected chi connectivity index (χ0v) is 14.9. The number of amides is 1. The van der Waals surface area contributed by atoms with Crippen molar-refractivity contribution in [1.82, 2.24) is 13.5 Å². The van der Waals surface area contributed by atoms with Crippen LogP contribution < -0.4 is 0 Å². The van der Waals surface area contributed by atoms with Gasteiger partial charge in [0.1, 0.15) is 0 Å². The molecule has 0 saturated carbocycles. The molecule has 0 bridgehead atoms. The monoisotopic (exact) mass is 341 g/mol. The van der Waals surface area contributed by atoms with Crippen LogP contribution in [0, 0.1) is 5.92 Å². The third kappa shape index (κ3) is 3.19. The van der Waals surface area contributed by atoms with Gasteiger partial charge in [0, 0.05) is 45.3 Å². The van der Waals surface area contributed by atoms with Crippen molar-refractivity contribution in [3.05, 3.63) is 11.6 Å². The van der Waals surface area contributed by atoms with E-state index in [1.54, 1.807) is 18.4 Å². The summed E-state index contributed by atoms with van der Waals surface area (Å²) in [5.74, 6) is 0.458. The fourth-order valence-corrected chi connectivity index (χ4v) is 5.29. The molecule has 0 radical (unpaired) electrons. The van der Waals surface area contributed by atoms with E-state index in [0.717, 1.165) is 50.6 Å². The summed E-state index contributed by atoms with van der Waals surface area (Å²) in [7, 11) is -0.204. The van der Waals surface area contributed by atoms with E-state index in [4.69, 9.17) is 0 Å². The first kappa shape index (κ1) is 16.9. The van der Waals surface area contributed by atoms with Crippen LogP contribution in [0.25, 0.3) is 0 Å². The van der Waals surface area contributed by atoms with Gasteiger partial charge < -0.3 is 4.90 Å². The lowest BCUT2D eigenvalue weighted by atomic mass is 9.84. The maximum Gasteiger partial charge on any atom is 0.281 e. The van der Waals surface area contributed by atoms with Crippen molar-refractivity contribution < 1.29 is 13.2 Å². The first-order valence-electron chi connectivity index (χ1n) is 8.59. The zero-order chi connectivity index (χ0) is 16.6. The van der Waals surface area contributed by atoms with Crippen molar-refractivity contribution in [1.29, 1.82) is 0 Å². The van der Waals surface area contributed by atoms with Crippen molar-refractivity contribution >= 4 is 16.1 Å². The average molecular weight is 341 g/mol. The summed E-state index contributed by atoms with van der Waals surface area (Å²) < 4.78 is 27.6. The van der Waals surface area contributed by atoms with Gasteiger partial charge in [0.15, 0.2) is 0 Å². The van der Waals surface area contributed by atoms with Gasteiger partial charge in [-0.15, -0.1) is 0 Å². The number of nitrogens with zero attached hydrogens (tertiary/aromatic N) is 3. The van der Waals surface area contributed by atoms with Crippen LogP contribution in [0.4, 0.5) is 0 Å². The SMILES string of the molecule is CN(C)S(=O)(=O)N1CC[C@H]2[C@H](CCCN2C(=O)C2=CCCC2)C1. The summed E-state index contributed by atoms with van der Waals surface area (Å²) in [6.45, 7) is 1.86. The van der Waals surface area contributed by atoms with Crippen molar-refractivity contribution in [2.45, 2.75) is 44.6 Å². The highest BCUT2D eigenvalue weighted by atomic mass is 32.2. The smallest absolute Gasteiger partial charge is 0.281 e. The number of allylic oxidation sites excluding steroid dienone is 1. The summed E-state index contributed by atoms with van der Waals surface area (Å²) in [6.07, 6.45) is 7.79. The highest BCUT2D eigenvalue weighted by Gasteiger charge is 2.42. The van der Waals surface area contributed by atoms with Crippen molar-refractivity contribution in [2.75, 3.05) is 33.7 Å². The van der Waals surface area contributed by atoms with Gasteiger partial charge in [-0.05, 0) is 44.4 Å². The highest BCUT2D eigenvalue weighted by molar-refractivity contribution is 7.86. The molecule has 2 saturated heterocycles. The van der Waals surface area contributed by atoms with Gasteiger partial charge in [-0.3, -0.25) is 4.79 Å². The van der Waals surface area contributed by atoms with Gasteiger partial charge in [0.25, 0.3) is 10.2 Å². The van der Waals surface area contributed by atoms with Crippen LogP contribution in [0.3, 0.4) is 0 Å². The Balaban J connectivity index is 1.72. The Hall–Kier alpha value is -0.920. The molecule has 2 aliphatic heterocycles. The topological polar surface area (TPSA) is 60.9 Å². The second kappa shape index (κ2) is 6.53. The fourth-order valence-electron chi connectivity index (χ4n) is 4.11. The number of hydrogen-bond acceptors (Lipinski definition) is 3. The molecule has 0 aromatic carbocycles. The van der Waals surface area contributed by atoms with Gasteiger partial charge >= 0.3 is 0 Å². The lowest BCUT2D eigenvalue weighted by Gasteiger charge is -2.47. The van der Waals surface area contributed by atoms with E-state index in [0.29, 0.717) is 13.1 Å². The molecule has 0 unspecified atom stereocenters. The predicted octanol–water partition coefficient (Wildman–Crippen LogP) is 1.22. The summed E-state index contributed by atoms with van der Waals surface area (Å²) in [5.41, 5.74) is 0.967. The van der Waals surface area contributed by atoms with Crippen molar-refractivity contribution in [3.63, 3.8) is 0 Å². The van der Waals surface area contributed by atoms with Crippen LogP contribution in [0.5, 0.6) is 0 Å². The standard InChI is InChI=1S/C16H27N3O3S/c1-17(2)23(21,22)18-11-9-15-14(12-18)8-5-10-19(15)16(20)13-6-3-4-7-13/h6,14-15H,3-5,7-12H2,1-2H3/t14-,15+/m1/s1. The first-order chi connectivity index (χ1) is 10.9. The number of hydrogen-bond donors (Lipinski definition) is 0. The lowest BCUT2D eigenvalue weighted by molar-refractivity contribution is -0.133. The molecule has 2 fully saturated rings. The number of carbonyl (C=O) groups excluding carboxylic acids is 1. The summed E-state index contributed by atoms with van der Waals surface area (Å²) in [4.78, 5) is 14.8. The molecule has 2 heterocycles. The Kier molecular flexibility index (Phi) is 4.80. The summed E-state index contributed by atoms with van der Waals surface area (Å²) in [5, 5.41) is 0. The Morgan fingerprint density at radius 2 is 2.00 bits per heavy atom. The second-order valence-electron chi connectivity index (χ2n) is 7.03. The average Bonchev–Trinajstić information content (AvgIpc) is 3.07. The fraction of sp³-hybridized carbons (Fsp3) is 0.812. The molecule has 0 spiro atoms. The predicted molar refractivity (Wildman–Crippen MR) is 89.0 cm³/mol. The van der Waals surface area contributed by atoms with Gasteiger partial charge in [0.05, 0.1) is 0 Å². The van der Waals surface area contributed by atoms with E-state index in [-0.39, 0.29) is 17.9 Å². The highest BCUT2D eigenvalue weighted by Crippen LogP contribution is 2.34. The molecule has 6 nitrogen and oxygen atoms in total. The number of piperidine rings is 2. The number of rotatable bonds is 3. The van der Waals surface area contributed by atoms with E-state index >= 15 is 0 Å².